The lowest BCUT2D eigenvalue weighted by atomic mass is 9.99. The summed E-state index contributed by atoms with van der Waals surface area (Å²) < 4.78 is 18.5. The van der Waals surface area contributed by atoms with Gasteiger partial charge in [-0.25, -0.2) is 9.67 Å². The third-order valence-electron chi connectivity index (χ3n) is 5.35. The van der Waals surface area contributed by atoms with E-state index in [-0.39, 0.29) is 18.6 Å². The van der Waals surface area contributed by atoms with Crippen LogP contribution in [0.2, 0.25) is 5.02 Å². The first-order valence-electron chi connectivity index (χ1n) is 10.2. The molecule has 0 spiro atoms. The van der Waals surface area contributed by atoms with Crippen LogP contribution in [0.15, 0.2) is 30.3 Å². The number of fused-ring (bicyclic) bond motifs is 1. The molecule has 8 nitrogen and oxygen atoms in total. The number of hydrogen-bond donors (Lipinski definition) is 1. The number of nitrogens with zero attached hydrogens (tertiary/aromatic N) is 3. The second-order valence-electron chi connectivity index (χ2n) is 7.62. The van der Waals surface area contributed by atoms with Gasteiger partial charge in [0, 0.05) is 17.5 Å². The summed E-state index contributed by atoms with van der Waals surface area (Å²) in [5.41, 5.74) is 2.78. The van der Waals surface area contributed by atoms with Crippen molar-refractivity contribution in [2.24, 2.45) is 0 Å². The number of aromatic nitrogens is 3. The Morgan fingerprint density at radius 2 is 2.06 bits per heavy atom. The van der Waals surface area contributed by atoms with Crippen molar-refractivity contribution in [3.05, 3.63) is 52.6 Å². The van der Waals surface area contributed by atoms with Crippen LogP contribution < -0.4 is 19.5 Å². The minimum absolute atomic E-state index is 0.118. The number of carbonyl (C=O) groups excluding carboxylic acids is 1. The molecule has 1 aliphatic heterocycles. The van der Waals surface area contributed by atoms with Gasteiger partial charge >= 0.3 is 0 Å². The normalized spacial score (nSPS) is 14.6. The highest BCUT2D eigenvalue weighted by Crippen LogP contribution is 2.42. The maximum Gasteiger partial charge on any atom is 0.241 e. The molecule has 4 rings (SSSR count). The number of aryl methyl sites for hydroxylation is 2. The number of benzene rings is 2. The van der Waals surface area contributed by atoms with E-state index in [1.807, 2.05) is 37.3 Å². The van der Waals surface area contributed by atoms with Crippen LogP contribution in [-0.4, -0.2) is 47.5 Å². The number of halogens is 1. The van der Waals surface area contributed by atoms with Crippen molar-refractivity contribution in [2.75, 3.05) is 20.8 Å². The number of carbonyl (C=O) groups is 1. The zero-order chi connectivity index (χ0) is 22.8. The molecule has 2 aromatic carbocycles. The lowest BCUT2D eigenvalue weighted by Gasteiger charge is -2.13. The van der Waals surface area contributed by atoms with Gasteiger partial charge in [-0.3, -0.25) is 4.79 Å². The molecule has 0 radical (unpaired) electrons. The molecule has 0 saturated carbocycles. The van der Waals surface area contributed by atoms with Gasteiger partial charge < -0.3 is 19.5 Å². The maximum atomic E-state index is 12.3. The predicted molar refractivity (Wildman–Crippen MR) is 121 cm³/mol. The third kappa shape index (κ3) is 4.50. The van der Waals surface area contributed by atoms with Gasteiger partial charge in [-0.1, -0.05) is 11.6 Å². The largest absolute Gasteiger partial charge is 0.497 e. The molecule has 0 unspecified atom stereocenters. The van der Waals surface area contributed by atoms with E-state index in [9.17, 15) is 4.79 Å². The molecule has 0 bridgehead atoms. The summed E-state index contributed by atoms with van der Waals surface area (Å²) >= 11 is 6.55. The second-order valence-corrected chi connectivity index (χ2v) is 8.03. The van der Waals surface area contributed by atoms with E-state index < -0.39 is 0 Å². The van der Waals surface area contributed by atoms with Gasteiger partial charge in [-0.05, 0) is 49.7 Å². The van der Waals surface area contributed by atoms with E-state index in [1.54, 1.807) is 25.8 Å². The quantitative estimate of drug-likeness (QED) is 0.586. The molecule has 1 atom stereocenters. The molecule has 1 aliphatic rings. The number of methoxy groups -OCH3 is 2. The summed E-state index contributed by atoms with van der Waals surface area (Å²) in [6, 6.07) is 9.53. The van der Waals surface area contributed by atoms with Gasteiger partial charge in [0.25, 0.3) is 0 Å². The monoisotopic (exact) mass is 456 g/mol. The molecule has 1 N–H and O–H groups in total. The fourth-order valence-electron chi connectivity index (χ4n) is 3.83. The van der Waals surface area contributed by atoms with Crippen molar-refractivity contribution in [2.45, 2.75) is 32.9 Å². The maximum absolute atomic E-state index is 12.3. The molecule has 1 amide bonds. The van der Waals surface area contributed by atoms with Gasteiger partial charge in [0.05, 0.1) is 25.8 Å². The van der Waals surface area contributed by atoms with Gasteiger partial charge in [-0.15, -0.1) is 0 Å². The third-order valence-corrected chi connectivity index (χ3v) is 5.63. The highest BCUT2D eigenvalue weighted by atomic mass is 35.5. The highest BCUT2D eigenvalue weighted by Gasteiger charge is 2.27. The van der Waals surface area contributed by atoms with E-state index in [0.29, 0.717) is 35.4 Å². The summed E-state index contributed by atoms with van der Waals surface area (Å²) in [4.78, 5) is 16.5. The molecule has 32 heavy (non-hydrogen) atoms. The number of nitrogens with one attached hydrogen (secondary N) is 1. The SMILES string of the molecule is COc1ccc(OC)c(-c2cc(Cl)c3c(c2)C[C@H](CNC(=O)Cn2nc(C)nc2C)O3)c1. The van der Waals surface area contributed by atoms with E-state index >= 15 is 0 Å². The van der Waals surface area contributed by atoms with Crippen LogP contribution in [0.5, 0.6) is 17.2 Å². The van der Waals surface area contributed by atoms with Gasteiger partial charge in [-0.2, -0.15) is 5.10 Å². The molecule has 9 heteroatoms. The standard InChI is InChI=1S/C23H25ClN4O4/c1-13-26-14(2)28(27-13)12-22(29)25-11-18-8-16-7-15(9-20(24)23(16)32-18)19-10-17(30-3)5-6-21(19)31-4/h5-7,9-10,18H,8,11-12H2,1-4H3,(H,25,29)/t18-/m1/s1. The van der Waals surface area contributed by atoms with Crippen LogP contribution in [0.25, 0.3) is 11.1 Å². The molecule has 3 aromatic rings. The summed E-state index contributed by atoms with van der Waals surface area (Å²) in [5.74, 6) is 3.30. The fourth-order valence-corrected chi connectivity index (χ4v) is 4.11. The number of ether oxygens (including phenoxy) is 3. The zero-order valence-electron chi connectivity index (χ0n) is 18.4. The van der Waals surface area contributed by atoms with Crippen molar-refractivity contribution in [3.8, 4) is 28.4 Å². The Hall–Kier alpha value is -3.26. The minimum atomic E-state index is -0.201. The van der Waals surface area contributed by atoms with E-state index in [2.05, 4.69) is 15.4 Å². The molecule has 2 heterocycles. The molecule has 0 fully saturated rings. The van der Waals surface area contributed by atoms with Crippen molar-refractivity contribution >= 4 is 17.5 Å². The Bertz CT molecular complexity index is 1160. The average Bonchev–Trinajstić information content (AvgIpc) is 3.33. The fraction of sp³-hybridized carbons (Fsp3) is 0.348. The summed E-state index contributed by atoms with van der Waals surface area (Å²) in [7, 11) is 3.25. The van der Waals surface area contributed by atoms with Gasteiger partial charge in [0.2, 0.25) is 5.91 Å². The van der Waals surface area contributed by atoms with Gasteiger partial charge in [0.15, 0.2) is 0 Å². The summed E-state index contributed by atoms with van der Waals surface area (Å²) in [6.45, 7) is 4.10. The van der Waals surface area contributed by atoms with Crippen LogP contribution in [0.3, 0.4) is 0 Å². The first kappa shape index (κ1) is 22.0. The summed E-state index contributed by atoms with van der Waals surface area (Å²) in [5, 5.41) is 7.65. The second kappa shape index (κ2) is 9.08. The van der Waals surface area contributed by atoms with Crippen molar-refractivity contribution < 1.29 is 19.0 Å². The van der Waals surface area contributed by atoms with Crippen LogP contribution in [0, 0.1) is 13.8 Å². The Morgan fingerprint density at radius 1 is 1.25 bits per heavy atom. The number of rotatable bonds is 7. The van der Waals surface area contributed by atoms with Crippen LogP contribution in [0.1, 0.15) is 17.2 Å². The molecular weight excluding hydrogens is 432 g/mol. The smallest absolute Gasteiger partial charge is 0.241 e. The first-order chi connectivity index (χ1) is 15.4. The number of hydrogen-bond acceptors (Lipinski definition) is 6. The predicted octanol–water partition coefficient (Wildman–Crippen LogP) is 3.35. The van der Waals surface area contributed by atoms with Gasteiger partial charge in [0.1, 0.15) is 41.5 Å². The molecule has 1 aromatic heterocycles. The zero-order valence-corrected chi connectivity index (χ0v) is 19.2. The Kier molecular flexibility index (Phi) is 6.23. The molecule has 168 valence electrons. The van der Waals surface area contributed by atoms with Crippen LogP contribution in [-0.2, 0) is 17.8 Å². The minimum Gasteiger partial charge on any atom is -0.497 e. The molecule has 0 aliphatic carbocycles. The van der Waals surface area contributed by atoms with Crippen LogP contribution >= 0.6 is 11.6 Å². The average molecular weight is 457 g/mol. The molecular formula is C23H25ClN4O4. The number of amides is 1. The topological polar surface area (TPSA) is 87.5 Å². The van der Waals surface area contributed by atoms with Crippen molar-refractivity contribution in [3.63, 3.8) is 0 Å². The lowest BCUT2D eigenvalue weighted by molar-refractivity contribution is -0.122. The Balaban J connectivity index is 1.45. The van der Waals surface area contributed by atoms with E-state index in [4.69, 9.17) is 25.8 Å². The summed E-state index contributed by atoms with van der Waals surface area (Å²) in [6.07, 6.45) is 0.434. The van der Waals surface area contributed by atoms with Crippen LogP contribution in [0.4, 0.5) is 0 Å². The Morgan fingerprint density at radius 3 is 2.75 bits per heavy atom. The Labute approximate surface area is 191 Å². The van der Waals surface area contributed by atoms with Crippen molar-refractivity contribution in [1.29, 1.82) is 0 Å². The lowest BCUT2D eigenvalue weighted by Crippen LogP contribution is -2.36. The first-order valence-corrected chi connectivity index (χ1v) is 10.6. The van der Waals surface area contributed by atoms with Crippen molar-refractivity contribution in [1.82, 2.24) is 20.1 Å². The molecule has 0 saturated heterocycles. The highest BCUT2D eigenvalue weighted by molar-refractivity contribution is 6.32. The van der Waals surface area contributed by atoms with E-state index in [1.165, 1.54) is 0 Å². The van der Waals surface area contributed by atoms with E-state index in [0.717, 1.165) is 28.2 Å².